The van der Waals surface area contributed by atoms with E-state index < -0.39 is 10.8 Å². The van der Waals surface area contributed by atoms with Crippen molar-refractivity contribution in [3.63, 3.8) is 0 Å². The van der Waals surface area contributed by atoms with E-state index in [0.717, 1.165) is 0 Å². The van der Waals surface area contributed by atoms with E-state index in [0.29, 0.717) is 21.2 Å². The van der Waals surface area contributed by atoms with Crippen molar-refractivity contribution in [1.82, 2.24) is 0 Å². The fraction of sp³-hybridized carbons (Fsp3) is 0.0769. The molecule has 2 aromatic rings. The molecule has 0 spiro atoms. The van der Waals surface area contributed by atoms with E-state index in [4.69, 9.17) is 17.3 Å². The Morgan fingerprint density at radius 3 is 2.61 bits per heavy atom. The fourth-order valence-corrected chi connectivity index (χ4v) is 2.89. The first-order valence-corrected chi connectivity index (χ1v) is 6.94. The molecule has 1 atom stereocenters. The molecule has 2 aromatic carbocycles. The second-order valence-corrected chi connectivity index (χ2v) is 5.62. The lowest BCUT2D eigenvalue weighted by atomic mass is 10.2. The first kappa shape index (κ1) is 13.1. The molecular weight excluding hydrogens is 273 g/mol. The number of anilines is 1. The Kier molecular flexibility index (Phi) is 3.99. The highest BCUT2D eigenvalue weighted by Gasteiger charge is 2.09. The molecule has 0 bridgehead atoms. The molecule has 0 aliphatic rings. The third-order valence-corrected chi connectivity index (χ3v) is 4.16. The van der Waals surface area contributed by atoms with Crippen molar-refractivity contribution in [3.05, 3.63) is 58.9 Å². The zero-order chi connectivity index (χ0) is 13.1. The maximum absolute atomic E-state index is 13.4. The normalized spacial score (nSPS) is 12.3. The van der Waals surface area contributed by atoms with Crippen LogP contribution in [0.5, 0.6) is 0 Å². The Hall–Kier alpha value is -1.39. The van der Waals surface area contributed by atoms with Gasteiger partial charge in [0, 0.05) is 10.5 Å². The molecule has 0 amide bonds. The second-order valence-electron chi connectivity index (χ2n) is 3.76. The molecule has 2 nitrogen and oxygen atoms in total. The molecule has 1 unspecified atom stereocenters. The second kappa shape index (κ2) is 5.50. The predicted molar refractivity (Wildman–Crippen MR) is 72.4 cm³/mol. The van der Waals surface area contributed by atoms with Gasteiger partial charge in [0.15, 0.2) is 0 Å². The zero-order valence-corrected chi connectivity index (χ0v) is 11.0. The first-order chi connectivity index (χ1) is 8.58. The monoisotopic (exact) mass is 283 g/mol. The summed E-state index contributed by atoms with van der Waals surface area (Å²) in [6, 6.07) is 11.1. The summed E-state index contributed by atoms with van der Waals surface area (Å²) in [5, 5.41) is 0.356. The molecule has 94 valence electrons. The lowest BCUT2D eigenvalue weighted by molar-refractivity contribution is 0.615. The van der Waals surface area contributed by atoms with Crippen LogP contribution in [0.1, 0.15) is 5.56 Å². The predicted octanol–water partition coefficient (Wildman–Crippen LogP) is 3.37. The van der Waals surface area contributed by atoms with Gasteiger partial charge in [-0.05, 0) is 24.3 Å². The third kappa shape index (κ3) is 2.89. The Balaban J connectivity index is 2.22. The minimum absolute atomic E-state index is 0.118. The highest BCUT2D eigenvalue weighted by atomic mass is 35.5. The van der Waals surface area contributed by atoms with Gasteiger partial charge < -0.3 is 5.73 Å². The highest BCUT2D eigenvalue weighted by Crippen LogP contribution is 2.23. The van der Waals surface area contributed by atoms with Gasteiger partial charge in [0.1, 0.15) is 5.82 Å². The molecule has 0 radical (unpaired) electrons. The van der Waals surface area contributed by atoms with Crippen LogP contribution < -0.4 is 5.73 Å². The van der Waals surface area contributed by atoms with Crippen molar-refractivity contribution in [2.24, 2.45) is 0 Å². The summed E-state index contributed by atoms with van der Waals surface area (Å²) in [6.45, 7) is 0. The van der Waals surface area contributed by atoms with Crippen LogP contribution in [-0.2, 0) is 16.6 Å². The van der Waals surface area contributed by atoms with E-state index in [9.17, 15) is 8.60 Å². The van der Waals surface area contributed by atoms with Crippen LogP contribution in [0.2, 0.25) is 5.02 Å². The molecular formula is C13H11ClFNOS. The molecule has 0 aromatic heterocycles. The summed E-state index contributed by atoms with van der Waals surface area (Å²) >= 11 is 5.86. The third-order valence-electron chi connectivity index (χ3n) is 2.48. The van der Waals surface area contributed by atoms with Crippen molar-refractivity contribution >= 4 is 28.1 Å². The Bertz CT molecular complexity index is 603. The van der Waals surface area contributed by atoms with Crippen molar-refractivity contribution in [2.75, 3.05) is 5.73 Å². The number of halogens is 2. The summed E-state index contributed by atoms with van der Waals surface area (Å²) in [4.78, 5) is 0.539. The number of nitrogen functional groups attached to an aromatic ring is 1. The largest absolute Gasteiger partial charge is 0.398 e. The number of hydrogen-bond donors (Lipinski definition) is 1. The maximum Gasteiger partial charge on any atom is 0.127 e. The van der Waals surface area contributed by atoms with Crippen molar-refractivity contribution < 1.29 is 8.60 Å². The summed E-state index contributed by atoms with van der Waals surface area (Å²) in [5.74, 6) is -0.236. The number of rotatable bonds is 3. The van der Waals surface area contributed by atoms with Crippen molar-refractivity contribution in [2.45, 2.75) is 10.6 Å². The van der Waals surface area contributed by atoms with E-state index >= 15 is 0 Å². The average Bonchev–Trinajstić information content (AvgIpc) is 2.35. The maximum atomic E-state index is 13.4. The molecule has 0 aliphatic heterocycles. The van der Waals surface area contributed by atoms with Gasteiger partial charge >= 0.3 is 0 Å². The van der Waals surface area contributed by atoms with Gasteiger partial charge in [0.05, 0.1) is 27.3 Å². The average molecular weight is 284 g/mol. The molecule has 0 saturated carbocycles. The van der Waals surface area contributed by atoms with Crippen LogP contribution in [0.15, 0.2) is 47.4 Å². The van der Waals surface area contributed by atoms with E-state index in [-0.39, 0.29) is 11.6 Å². The fourth-order valence-electron chi connectivity index (χ4n) is 1.49. The SMILES string of the molecule is Nc1ccc(S(=O)Cc2ccccc2F)cc1Cl. The van der Waals surface area contributed by atoms with E-state index in [1.54, 1.807) is 36.4 Å². The summed E-state index contributed by atoms with van der Waals surface area (Å²) in [6.07, 6.45) is 0. The molecule has 0 heterocycles. The summed E-state index contributed by atoms with van der Waals surface area (Å²) in [7, 11) is -1.34. The summed E-state index contributed by atoms with van der Waals surface area (Å²) < 4.78 is 25.5. The molecule has 2 N–H and O–H groups in total. The Morgan fingerprint density at radius 1 is 1.22 bits per heavy atom. The van der Waals surface area contributed by atoms with Crippen LogP contribution in [-0.4, -0.2) is 4.21 Å². The lowest BCUT2D eigenvalue weighted by Crippen LogP contribution is -1.99. The van der Waals surface area contributed by atoms with Gasteiger partial charge in [0.25, 0.3) is 0 Å². The zero-order valence-electron chi connectivity index (χ0n) is 9.40. The van der Waals surface area contributed by atoms with Gasteiger partial charge in [-0.25, -0.2) is 4.39 Å². The minimum atomic E-state index is -1.34. The summed E-state index contributed by atoms with van der Waals surface area (Å²) in [5.41, 5.74) is 6.43. The van der Waals surface area contributed by atoms with Gasteiger partial charge in [0.2, 0.25) is 0 Å². The minimum Gasteiger partial charge on any atom is -0.398 e. The van der Waals surface area contributed by atoms with E-state index in [2.05, 4.69) is 0 Å². The standard InChI is InChI=1S/C13H11ClFNOS/c14-11-7-10(5-6-13(11)16)18(17)8-9-3-1-2-4-12(9)15/h1-7H,8,16H2. The topological polar surface area (TPSA) is 43.1 Å². The van der Waals surface area contributed by atoms with Crippen LogP contribution in [0.4, 0.5) is 10.1 Å². The van der Waals surface area contributed by atoms with Gasteiger partial charge in [-0.1, -0.05) is 29.8 Å². The van der Waals surface area contributed by atoms with Crippen molar-refractivity contribution in [1.29, 1.82) is 0 Å². The van der Waals surface area contributed by atoms with Gasteiger partial charge in [-0.2, -0.15) is 0 Å². The highest BCUT2D eigenvalue weighted by molar-refractivity contribution is 7.84. The van der Waals surface area contributed by atoms with Gasteiger partial charge in [-0.15, -0.1) is 0 Å². The van der Waals surface area contributed by atoms with Crippen LogP contribution >= 0.6 is 11.6 Å². The van der Waals surface area contributed by atoms with E-state index in [1.807, 2.05) is 0 Å². The smallest absolute Gasteiger partial charge is 0.127 e. The molecule has 2 rings (SSSR count). The van der Waals surface area contributed by atoms with Crippen LogP contribution in [0.3, 0.4) is 0 Å². The number of hydrogen-bond acceptors (Lipinski definition) is 2. The van der Waals surface area contributed by atoms with Crippen LogP contribution in [0.25, 0.3) is 0 Å². The molecule has 0 saturated heterocycles. The first-order valence-electron chi connectivity index (χ1n) is 5.25. The number of nitrogens with two attached hydrogens (primary N) is 1. The molecule has 0 aliphatic carbocycles. The Morgan fingerprint density at radius 2 is 1.94 bits per heavy atom. The Labute approximate surface area is 112 Å². The van der Waals surface area contributed by atoms with Crippen molar-refractivity contribution in [3.8, 4) is 0 Å². The van der Waals surface area contributed by atoms with E-state index in [1.165, 1.54) is 6.07 Å². The van der Waals surface area contributed by atoms with Gasteiger partial charge in [-0.3, -0.25) is 4.21 Å². The quantitative estimate of drug-likeness (QED) is 0.878. The molecule has 18 heavy (non-hydrogen) atoms. The molecule has 5 heteroatoms. The number of benzene rings is 2. The lowest BCUT2D eigenvalue weighted by Gasteiger charge is -2.05. The molecule has 0 fully saturated rings. The van der Waals surface area contributed by atoms with Crippen LogP contribution in [0, 0.1) is 5.82 Å².